The van der Waals surface area contributed by atoms with E-state index >= 15 is 0 Å². The summed E-state index contributed by atoms with van der Waals surface area (Å²) >= 11 is 0. The van der Waals surface area contributed by atoms with Crippen LogP contribution in [0.1, 0.15) is 36.0 Å². The zero-order chi connectivity index (χ0) is 14.5. The number of nitrogens with zero attached hydrogens (tertiary/aromatic N) is 3. The third-order valence-corrected chi connectivity index (χ3v) is 3.24. The largest absolute Gasteiger partial charge is 0.383 e. The van der Waals surface area contributed by atoms with Crippen molar-refractivity contribution in [2.45, 2.75) is 40.2 Å². The van der Waals surface area contributed by atoms with Crippen molar-refractivity contribution in [3.05, 3.63) is 41.0 Å². The highest BCUT2D eigenvalue weighted by atomic mass is 15.1. The zero-order valence-electron chi connectivity index (χ0n) is 12.3. The highest BCUT2D eigenvalue weighted by Crippen LogP contribution is 2.18. The lowest BCUT2D eigenvalue weighted by molar-refractivity contribution is 0.832. The Morgan fingerprint density at radius 3 is 2.75 bits per heavy atom. The fourth-order valence-electron chi connectivity index (χ4n) is 1.96. The molecular weight excluding hydrogens is 250 g/mol. The van der Waals surface area contributed by atoms with Crippen molar-refractivity contribution in [3.63, 3.8) is 0 Å². The van der Waals surface area contributed by atoms with E-state index in [0.717, 1.165) is 41.3 Å². The first-order chi connectivity index (χ1) is 9.61. The van der Waals surface area contributed by atoms with Gasteiger partial charge in [0.1, 0.15) is 17.5 Å². The van der Waals surface area contributed by atoms with Crippen LogP contribution in [0.3, 0.4) is 0 Å². The summed E-state index contributed by atoms with van der Waals surface area (Å²) in [5, 5.41) is 3.32. The Bertz CT molecular complexity index is 595. The van der Waals surface area contributed by atoms with Crippen LogP contribution in [-0.4, -0.2) is 15.0 Å². The molecule has 0 unspecified atom stereocenters. The molecule has 0 bridgehead atoms. The number of hydrogen-bond donors (Lipinski definition) is 2. The molecule has 106 valence electrons. The van der Waals surface area contributed by atoms with Crippen LogP contribution in [-0.2, 0) is 13.0 Å². The Hall–Kier alpha value is -2.17. The average Bonchev–Trinajstić information content (AvgIpc) is 2.43. The minimum absolute atomic E-state index is 0.545. The summed E-state index contributed by atoms with van der Waals surface area (Å²) in [7, 11) is 0. The Morgan fingerprint density at radius 1 is 1.25 bits per heavy atom. The van der Waals surface area contributed by atoms with Gasteiger partial charge in [-0.25, -0.2) is 9.97 Å². The second-order valence-electron chi connectivity index (χ2n) is 4.87. The molecule has 2 rings (SSSR count). The molecule has 0 aliphatic rings. The standard InChI is InChI=1S/C15H21N5/c1-4-6-13-19-14(16)11(3)15(20-13)18-9-12-10(2)7-5-8-17-12/h5,7-8H,4,6,9H2,1-3H3,(H3,16,18,19,20). The molecule has 0 amide bonds. The van der Waals surface area contributed by atoms with Crippen LogP contribution < -0.4 is 11.1 Å². The molecule has 2 aromatic rings. The maximum absolute atomic E-state index is 5.94. The van der Waals surface area contributed by atoms with Gasteiger partial charge in [-0.2, -0.15) is 0 Å². The maximum atomic E-state index is 5.94. The fraction of sp³-hybridized carbons (Fsp3) is 0.400. The summed E-state index contributed by atoms with van der Waals surface area (Å²) in [5.41, 5.74) is 9.01. The van der Waals surface area contributed by atoms with Crippen LogP contribution in [0.25, 0.3) is 0 Å². The van der Waals surface area contributed by atoms with Crippen LogP contribution in [0.2, 0.25) is 0 Å². The summed E-state index contributed by atoms with van der Waals surface area (Å²) in [6.07, 6.45) is 3.64. The molecule has 0 saturated carbocycles. The number of nitrogens with one attached hydrogen (secondary N) is 1. The highest BCUT2D eigenvalue weighted by Gasteiger charge is 2.09. The fourth-order valence-corrected chi connectivity index (χ4v) is 1.96. The van der Waals surface area contributed by atoms with Crippen LogP contribution in [0, 0.1) is 13.8 Å². The number of rotatable bonds is 5. The van der Waals surface area contributed by atoms with Crippen molar-refractivity contribution in [1.29, 1.82) is 0 Å². The van der Waals surface area contributed by atoms with Crippen LogP contribution >= 0.6 is 0 Å². The molecule has 20 heavy (non-hydrogen) atoms. The second-order valence-corrected chi connectivity index (χ2v) is 4.87. The van der Waals surface area contributed by atoms with E-state index in [1.54, 1.807) is 6.20 Å². The summed E-state index contributed by atoms with van der Waals surface area (Å²) < 4.78 is 0. The van der Waals surface area contributed by atoms with E-state index in [2.05, 4.69) is 27.2 Å². The molecular formula is C15H21N5. The molecule has 5 heteroatoms. The van der Waals surface area contributed by atoms with Crippen LogP contribution in [0.4, 0.5) is 11.6 Å². The van der Waals surface area contributed by atoms with E-state index in [9.17, 15) is 0 Å². The number of pyridine rings is 1. The van der Waals surface area contributed by atoms with E-state index < -0.39 is 0 Å². The first kappa shape index (κ1) is 14.2. The summed E-state index contributed by atoms with van der Waals surface area (Å²) in [6.45, 7) is 6.71. The number of hydrogen-bond acceptors (Lipinski definition) is 5. The predicted octanol–water partition coefficient (Wildman–Crippen LogP) is 2.64. The smallest absolute Gasteiger partial charge is 0.135 e. The molecule has 0 fully saturated rings. The van der Waals surface area contributed by atoms with E-state index in [-0.39, 0.29) is 0 Å². The van der Waals surface area contributed by atoms with Gasteiger partial charge in [0.25, 0.3) is 0 Å². The molecule has 0 aliphatic heterocycles. The summed E-state index contributed by atoms with van der Waals surface area (Å²) in [5.74, 6) is 2.13. The number of nitrogens with two attached hydrogens (primary N) is 1. The molecule has 0 atom stereocenters. The third kappa shape index (κ3) is 3.23. The van der Waals surface area contributed by atoms with Crippen molar-refractivity contribution >= 4 is 11.6 Å². The topological polar surface area (TPSA) is 76.7 Å². The number of anilines is 2. The van der Waals surface area contributed by atoms with Crippen molar-refractivity contribution in [2.75, 3.05) is 11.1 Å². The quantitative estimate of drug-likeness (QED) is 0.874. The van der Waals surface area contributed by atoms with Crippen molar-refractivity contribution in [3.8, 4) is 0 Å². The maximum Gasteiger partial charge on any atom is 0.135 e. The predicted molar refractivity (Wildman–Crippen MR) is 81.5 cm³/mol. The lowest BCUT2D eigenvalue weighted by atomic mass is 10.2. The normalized spacial score (nSPS) is 10.6. The molecule has 0 saturated heterocycles. The van der Waals surface area contributed by atoms with E-state index in [1.807, 2.05) is 26.0 Å². The zero-order valence-corrected chi connectivity index (χ0v) is 12.3. The van der Waals surface area contributed by atoms with Gasteiger partial charge in [0.2, 0.25) is 0 Å². The molecule has 0 aliphatic carbocycles. The summed E-state index contributed by atoms with van der Waals surface area (Å²) in [4.78, 5) is 13.2. The minimum atomic E-state index is 0.545. The van der Waals surface area contributed by atoms with Gasteiger partial charge in [0.15, 0.2) is 0 Å². The lowest BCUT2D eigenvalue weighted by Gasteiger charge is -2.12. The number of nitrogen functional groups attached to an aromatic ring is 1. The SMILES string of the molecule is CCCc1nc(N)c(C)c(NCc2ncccc2C)n1. The number of aromatic nitrogens is 3. The second kappa shape index (κ2) is 6.32. The Morgan fingerprint density at radius 2 is 2.05 bits per heavy atom. The Balaban J connectivity index is 2.18. The monoisotopic (exact) mass is 271 g/mol. The summed E-state index contributed by atoms with van der Waals surface area (Å²) in [6, 6.07) is 3.99. The Kier molecular flexibility index (Phi) is 4.50. The van der Waals surface area contributed by atoms with E-state index in [0.29, 0.717) is 12.4 Å². The van der Waals surface area contributed by atoms with Gasteiger partial charge in [0.05, 0.1) is 12.2 Å². The van der Waals surface area contributed by atoms with Gasteiger partial charge in [-0.15, -0.1) is 0 Å². The van der Waals surface area contributed by atoms with Gasteiger partial charge in [-0.3, -0.25) is 4.98 Å². The van der Waals surface area contributed by atoms with Crippen molar-refractivity contribution < 1.29 is 0 Å². The van der Waals surface area contributed by atoms with Crippen molar-refractivity contribution in [1.82, 2.24) is 15.0 Å². The van der Waals surface area contributed by atoms with Crippen LogP contribution in [0.5, 0.6) is 0 Å². The molecule has 0 aromatic carbocycles. The van der Waals surface area contributed by atoms with Gasteiger partial charge < -0.3 is 11.1 Å². The number of aryl methyl sites for hydroxylation is 2. The van der Waals surface area contributed by atoms with E-state index in [4.69, 9.17) is 5.73 Å². The molecule has 2 aromatic heterocycles. The van der Waals surface area contributed by atoms with Crippen molar-refractivity contribution in [2.24, 2.45) is 0 Å². The average molecular weight is 271 g/mol. The molecule has 0 spiro atoms. The first-order valence-corrected chi connectivity index (χ1v) is 6.89. The Labute approximate surface area is 119 Å². The van der Waals surface area contributed by atoms with Gasteiger partial charge >= 0.3 is 0 Å². The minimum Gasteiger partial charge on any atom is -0.383 e. The van der Waals surface area contributed by atoms with E-state index in [1.165, 1.54) is 0 Å². The van der Waals surface area contributed by atoms with Gasteiger partial charge in [0, 0.05) is 18.2 Å². The first-order valence-electron chi connectivity index (χ1n) is 6.89. The van der Waals surface area contributed by atoms with Crippen LogP contribution in [0.15, 0.2) is 18.3 Å². The lowest BCUT2D eigenvalue weighted by Crippen LogP contribution is -2.10. The highest BCUT2D eigenvalue weighted by molar-refractivity contribution is 5.54. The molecule has 0 radical (unpaired) electrons. The van der Waals surface area contributed by atoms with Gasteiger partial charge in [-0.05, 0) is 31.9 Å². The molecule has 3 N–H and O–H groups in total. The molecule has 2 heterocycles. The third-order valence-electron chi connectivity index (χ3n) is 3.24. The molecule has 5 nitrogen and oxygen atoms in total. The van der Waals surface area contributed by atoms with Gasteiger partial charge in [-0.1, -0.05) is 13.0 Å².